The molecule has 0 radical (unpaired) electrons. The summed E-state index contributed by atoms with van der Waals surface area (Å²) in [5.41, 5.74) is 0.558. The number of carbonyl (C=O) groups excluding carboxylic acids is 1. The normalized spacial score (nSPS) is 24.3. The molecule has 12 nitrogen and oxygen atoms in total. The molecule has 1 fully saturated rings. The molecule has 43 heavy (non-hydrogen) atoms. The van der Waals surface area contributed by atoms with Gasteiger partial charge in [-0.3, -0.25) is 13.9 Å². The van der Waals surface area contributed by atoms with E-state index in [4.69, 9.17) is 24.3 Å². The number of ether oxygens (including phenoxy) is 2. The first-order chi connectivity index (χ1) is 20.2. The van der Waals surface area contributed by atoms with E-state index in [2.05, 4.69) is 10.1 Å². The topological polar surface area (TPSA) is 164 Å². The fourth-order valence-corrected chi connectivity index (χ4v) is 5.86. The number of aromatic nitrogens is 2. The largest absolute Gasteiger partial charge is 0.462 e. The van der Waals surface area contributed by atoms with E-state index >= 15 is 4.39 Å². The molecule has 1 aromatic heterocycles. The quantitative estimate of drug-likeness (QED) is 0.161. The lowest BCUT2D eigenvalue weighted by atomic mass is 9.98. The lowest BCUT2D eigenvalue weighted by Gasteiger charge is -2.32. The predicted octanol–water partition coefficient (Wildman–Crippen LogP) is 3.48. The van der Waals surface area contributed by atoms with Crippen LogP contribution in [-0.2, 0) is 23.4 Å². The number of aliphatic hydroxyl groups is 1. The van der Waals surface area contributed by atoms with E-state index in [-0.39, 0.29) is 10.3 Å². The Balaban J connectivity index is 1.69. The number of nitrogens with one attached hydrogen (secondary N) is 1. The van der Waals surface area contributed by atoms with Crippen molar-refractivity contribution in [1.29, 1.82) is 0 Å². The molecule has 2 heterocycles. The number of nitrogens with zero attached hydrogens (tertiary/aromatic N) is 2. The van der Waals surface area contributed by atoms with Crippen LogP contribution in [-0.4, -0.2) is 63.7 Å². The Morgan fingerprint density at radius 1 is 1.23 bits per heavy atom. The Morgan fingerprint density at radius 3 is 2.58 bits per heavy atom. The zero-order valence-corrected chi connectivity index (χ0v) is 23.9. The number of nitrogens with two attached hydrogens (primary N) is 1. The molecule has 4 rings (SSSR count). The molecular weight excluding hydrogens is 603 g/mol. The average molecular weight is 633 g/mol. The second kappa shape index (κ2) is 12.6. The molecule has 1 aliphatic rings. The number of hydrogen-bond acceptors (Lipinski definition) is 10. The molecule has 1 saturated heterocycles. The summed E-state index contributed by atoms with van der Waals surface area (Å²) in [4.78, 5) is 27.9. The first-order valence-electron chi connectivity index (χ1n) is 12.9. The summed E-state index contributed by atoms with van der Waals surface area (Å²) in [6.07, 6.45) is -11.5. The van der Waals surface area contributed by atoms with Gasteiger partial charge >= 0.3 is 19.4 Å². The molecule has 0 bridgehead atoms. The summed E-state index contributed by atoms with van der Waals surface area (Å²) < 4.78 is 94.0. The SMILES string of the molecule is CC(C)OC(=O)C(C)NP(=O)(OCC1(C(F)F)OC(n2cc(F)c(N)nc2=O)C(O)C1F)Oc1cccc2ccccc12. The first-order valence-corrected chi connectivity index (χ1v) is 14.4. The van der Waals surface area contributed by atoms with Crippen LogP contribution in [0.1, 0.15) is 27.0 Å². The standard InChI is InChI=1S/C26H29F4N4O8P/c1-13(2)40-23(36)14(3)33-43(38,42-18-10-6-8-15-7-4-5-9-16(15)18)39-12-26(24(29)30)20(28)19(35)22(41-26)34-11-17(27)21(31)32-25(34)37/h4-11,13-14,19-20,22,24,35H,12H2,1-3H3,(H,33,38)(H2,31,32,37). The van der Waals surface area contributed by atoms with Gasteiger partial charge in [0.15, 0.2) is 29.6 Å². The van der Waals surface area contributed by atoms with E-state index in [1.165, 1.54) is 13.0 Å². The summed E-state index contributed by atoms with van der Waals surface area (Å²) in [6.45, 7) is 2.84. The van der Waals surface area contributed by atoms with Gasteiger partial charge in [0, 0.05) is 5.39 Å². The number of nitrogen functional groups attached to an aromatic ring is 1. The summed E-state index contributed by atoms with van der Waals surface area (Å²) in [6, 6.07) is 10.0. The van der Waals surface area contributed by atoms with Gasteiger partial charge in [0.2, 0.25) is 0 Å². The monoisotopic (exact) mass is 632 g/mol. The van der Waals surface area contributed by atoms with E-state index in [0.717, 1.165) is 0 Å². The summed E-state index contributed by atoms with van der Waals surface area (Å²) in [5.74, 6) is -3.02. The van der Waals surface area contributed by atoms with E-state index in [1.807, 2.05) is 0 Å². The maximum absolute atomic E-state index is 15.5. The predicted molar refractivity (Wildman–Crippen MR) is 145 cm³/mol. The number of hydrogen-bond donors (Lipinski definition) is 3. The van der Waals surface area contributed by atoms with Gasteiger partial charge in [0.25, 0.3) is 6.43 Å². The minimum atomic E-state index is -4.87. The Labute approximate surface area is 242 Å². The minimum absolute atomic E-state index is 0.0403. The number of fused-ring (bicyclic) bond motifs is 1. The van der Waals surface area contributed by atoms with Crippen LogP contribution in [0.2, 0.25) is 0 Å². The van der Waals surface area contributed by atoms with Crippen LogP contribution in [0.4, 0.5) is 23.4 Å². The van der Waals surface area contributed by atoms with Gasteiger partial charge in [-0.2, -0.15) is 10.1 Å². The van der Waals surface area contributed by atoms with E-state index in [1.54, 1.807) is 50.2 Å². The molecular formula is C26H29F4N4O8P. The van der Waals surface area contributed by atoms with Crippen molar-refractivity contribution in [2.75, 3.05) is 12.3 Å². The minimum Gasteiger partial charge on any atom is -0.462 e. The van der Waals surface area contributed by atoms with Gasteiger partial charge in [-0.1, -0.05) is 36.4 Å². The number of halogens is 4. The number of anilines is 1. The van der Waals surface area contributed by atoms with Crippen LogP contribution < -0.4 is 21.0 Å². The van der Waals surface area contributed by atoms with Crippen LogP contribution in [0.15, 0.2) is 53.5 Å². The van der Waals surface area contributed by atoms with Crippen molar-refractivity contribution in [1.82, 2.24) is 14.6 Å². The van der Waals surface area contributed by atoms with E-state index in [9.17, 15) is 32.4 Å². The number of rotatable bonds is 11. The highest BCUT2D eigenvalue weighted by molar-refractivity contribution is 7.52. The molecule has 2 aromatic carbocycles. The molecule has 0 amide bonds. The maximum Gasteiger partial charge on any atom is 0.459 e. The maximum atomic E-state index is 15.5. The molecule has 3 aromatic rings. The first kappa shape index (κ1) is 32.4. The number of benzene rings is 2. The molecule has 6 atom stereocenters. The number of alkyl halides is 3. The van der Waals surface area contributed by atoms with Crippen LogP contribution in [0.5, 0.6) is 5.75 Å². The van der Waals surface area contributed by atoms with E-state index in [0.29, 0.717) is 17.0 Å². The van der Waals surface area contributed by atoms with Gasteiger partial charge in [0.1, 0.15) is 17.9 Å². The van der Waals surface area contributed by atoms with Gasteiger partial charge in [0.05, 0.1) is 18.9 Å². The highest BCUT2D eigenvalue weighted by Crippen LogP contribution is 2.50. The van der Waals surface area contributed by atoms with Crippen molar-refractivity contribution in [3.05, 3.63) is 65.0 Å². The molecule has 4 N–H and O–H groups in total. The smallest absolute Gasteiger partial charge is 0.459 e. The van der Waals surface area contributed by atoms with Crippen molar-refractivity contribution in [3.8, 4) is 5.75 Å². The van der Waals surface area contributed by atoms with Crippen molar-refractivity contribution >= 4 is 30.3 Å². The molecule has 1 aliphatic heterocycles. The zero-order chi connectivity index (χ0) is 31.7. The third-order valence-electron chi connectivity index (χ3n) is 6.46. The van der Waals surface area contributed by atoms with Crippen molar-refractivity contribution in [2.45, 2.75) is 63.4 Å². The highest BCUT2D eigenvalue weighted by atomic mass is 31.2. The van der Waals surface area contributed by atoms with E-state index < -0.39 is 80.3 Å². The summed E-state index contributed by atoms with van der Waals surface area (Å²) in [7, 11) is -4.87. The summed E-state index contributed by atoms with van der Waals surface area (Å²) >= 11 is 0. The van der Waals surface area contributed by atoms with Crippen LogP contribution in [0.3, 0.4) is 0 Å². The molecule has 0 aliphatic carbocycles. The second-order valence-corrected chi connectivity index (χ2v) is 11.7. The third-order valence-corrected chi connectivity index (χ3v) is 8.07. The Bertz CT molecular complexity index is 1590. The molecule has 234 valence electrons. The highest BCUT2D eigenvalue weighted by Gasteiger charge is 2.63. The van der Waals surface area contributed by atoms with Crippen molar-refractivity contribution < 1.29 is 50.5 Å². The molecule has 17 heteroatoms. The molecule has 0 saturated carbocycles. The summed E-state index contributed by atoms with van der Waals surface area (Å²) in [5, 5.41) is 13.8. The van der Waals surface area contributed by atoms with Crippen molar-refractivity contribution in [3.63, 3.8) is 0 Å². The Morgan fingerprint density at radius 2 is 1.91 bits per heavy atom. The lowest BCUT2D eigenvalue weighted by molar-refractivity contribution is -0.183. The number of aliphatic hydroxyl groups excluding tert-OH is 1. The average Bonchev–Trinajstić information content (AvgIpc) is 3.20. The Kier molecular flexibility index (Phi) is 9.47. The lowest BCUT2D eigenvalue weighted by Crippen LogP contribution is -2.51. The molecule has 0 spiro atoms. The second-order valence-electron chi connectivity index (χ2n) is 10.00. The fourth-order valence-electron chi connectivity index (χ4n) is 4.31. The number of esters is 1. The zero-order valence-electron chi connectivity index (χ0n) is 23.0. The van der Waals surface area contributed by atoms with Gasteiger partial charge in [-0.05, 0) is 32.2 Å². The van der Waals surface area contributed by atoms with Crippen molar-refractivity contribution in [2.24, 2.45) is 0 Å². The fraction of sp³-hybridized carbons (Fsp3) is 0.423. The third kappa shape index (κ3) is 6.68. The van der Waals surface area contributed by atoms with Crippen LogP contribution in [0, 0.1) is 5.82 Å². The van der Waals surface area contributed by atoms with Gasteiger partial charge < -0.3 is 24.8 Å². The van der Waals surface area contributed by atoms with Gasteiger partial charge in [-0.25, -0.2) is 26.9 Å². The van der Waals surface area contributed by atoms with Gasteiger partial charge in [-0.15, -0.1) is 0 Å². The molecule has 6 unspecified atom stereocenters. The van der Waals surface area contributed by atoms with Crippen LogP contribution >= 0.6 is 7.75 Å². The Hall–Kier alpha value is -3.56. The van der Waals surface area contributed by atoms with Crippen LogP contribution in [0.25, 0.3) is 10.8 Å². The number of carbonyl (C=O) groups is 1.